The van der Waals surface area contributed by atoms with Gasteiger partial charge in [-0.1, -0.05) is 6.92 Å². The van der Waals surface area contributed by atoms with Gasteiger partial charge >= 0.3 is 0 Å². The molecule has 5 nitrogen and oxygen atoms in total. The smallest absolute Gasteiger partial charge is 0.205 e. The van der Waals surface area contributed by atoms with Crippen molar-refractivity contribution in [1.82, 2.24) is 20.2 Å². The first-order valence-corrected chi connectivity index (χ1v) is 3.53. The van der Waals surface area contributed by atoms with E-state index in [4.69, 9.17) is 0 Å². The SMILES string of the molecule is CC[C@@](C)(O)c1nnn(C)n1. The Morgan fingerprint density at radius 3 is 2.64 bits per heavy atom. The highest BCUT2D eigenvalue weighted by Gasteiger charge is 2.25. The molecule has 0 spiro atoms. The predicted molar refractivity (Wildman–Crippen MR) is 38.7 cm³/mol. The zero-order valence-electron chi connectivity index (χ0n) is 6.94. The zero-order valence-corrected chi connectivity index (χ0v) is 6.94. The van der Waals surface area contributed by atoms with Crippen LogP contribution in [0.3, 0.4) is 0 Å². The van der Waals surface area contributed by atoms with Crippen LogP contribution < -0.4 is 0 Å². The standard InChI is InChI=1S/C6H12N4O/c1-4-6(2,11)5-7-9-10(3)8-5/h11H,4H2,1-3H3/t6-/m1/s1. The Bertz CT molecular complexity index is 242. The van der Waals surface area contributed by atoms with E-state index in [0.717, 1.165) is 0 Å². The van der Waals surface area contributed by atoms with Crippen LogP contribution in [0.25, 0.3) is 0 Å². The lowest BCUT2D eigenvalue weighted by atomic mass is 10.0. The molecule has 0 radical (unpaired) electrons. The molecule has 1 aromatic rings. The molecule has 1 aromatic heterocycles. The molecular formula is C6H12N4O. The van der Waals surface area contributed by atoms with Crippen LogP contribution in [-0.4, -0.2) is 25.3 Å². The lowest BCUT2D eigenvalue weighted by molar-refractivity contribution is 0.0433. The number of rotatable bonds is 2. The van der Waals surface area contributed by atoms with Gasteiger partial charge in [0.25, 0.3) is 0 Å². The van der Waals surface area contributed by atoms with Gasteiger partial charge in [0, 0.05) is 0 Å². The van der Waals surface area contributed by atoms with E-state index in [-0.39, 0.29) is 0 Å². The second-order valence-corrected chi connectivity index (χ2v) is 2.73. The Hall–Kier alpha value is -0.970. The maximum absolute atomic E-state index is 9.63. The number of aromatic nitrogens is 4. The minimum Gasteiger partial charge on any atom is -0.382 e. The van der Waals surface area contributed by atoms with E-state index in [2.05, 4.69) is 15.4 Å². The van der Waals surface area contributed by atoms with Gasteiger partial charge in [-0.15, -0.1) is 10.2 Å². The summed E-state index contributed by atoms with van der Waals surface area (Å²) in [5.74, 6) is 0.377. The van der Waals surface area contributed by atoms with Crippen LogP contribution in [0.1, 0.15) is 26.1 Å². The minimum absolute atomic E-state index is 0.377. The largest absolute Gasteiger partial charge is 0.382 e. The van der Waals surface area contributed by atoms with Crippen molar-refractivity contribution >= 4 is 0 Å². The monoisotopic (exact) mass is 156 g/mol. The quantitative estimate of drug-likeness (QED) is 0.645. The summed E-state index contributed by atoms with van der Waals surface area (Å²) in [6, 6.07) is 0. The van der Waals surface area contributed by atoms with Crippen molar-refractivity contribution in [2.75, 3.05) is 0 Å². The predicted octanol–water partition coefficient (Wildman–Crippen LogP) is -0.172. The van der Waals surface area contributed by atoms with Gasteiger partial charge in [0.05, 0.1) is 7.05 Å². The maximum atomic E-state index is 9.63. The fourth-order valence-electron chi connectivity index (χ4n) is 0.658. The summed E-state index contributed by atoms with van der Waals surface area (Å²) in [6.45, 7) is 3.54. The summed E-state index contributed by atoms with van der Waals surface area (Å²) in [7, 11) is 1.67. The van der Waals surface area contributed by atoms with E-state index >= 15 is 0 Å². The molecule has 1 N–H and O–H groups in total. The number of hydrogen-bond donors (Lipinski definition) is 1. The van der Waals surface area contributed by atoms with E-state index in [1.54, 1.807) is 14.0 Å². The normalized spacial score (nSPS) is 16.4. The summed E-state index contributed by atoms with van der Waals surface area (Å²) in [5, 5.41) is 20.9. The fraction of sp³-hybridized carbons (Fsp3) is 0.833. The third kappa shape index (κ3) is 1.54. The molecule has 0 amide bonds. The molecule has 0 saturated carbocycles. The van der Waals surface area contributed by atoms with Crippen LogP contribution >= 0.6 is 0 Å². The van der Waals surface area contributed by atoms with Gasteiger partial charge in [0.1, 0.15) is 5.60 Å². The topological polar surface area (TPSA) is 63.8 Å². The fourth-order valence-corrected chi connectivity index (χ4v) is 0.658. The van der Waals surface area contributed by atoms with Crippen LogP contribution in [0.5, 0.6) is 0 Å². The van der Waals surface area contributed by atoms with Crippen LogP contribution in [0.15, 0.2) is 0 Å². The molecule has 1 atom stereocenters. The Morgan fingerprint density at radius 2 is 2.27 bits per heavy atom. The summed E-state index contributed by atoms with van der Waals surface area (Å²) in [4.78, 5) is 1.33. The number of aliphatic hydroxyl groups is 1. The third-order valence-corrected chi connectivity index (χ3v) is 1.68. The lowest BCUT2D eigenvalue weighted by Crippen LogP contribution is -2.21. The molecule has 0 bridgehead atoms. The highest BCUT2D eigenvalue weighted by atomic mass is 16.3. The molecule has 0 aliphatic carbocycles. The first-order chi connectivity index (χ1) is 5.06. The van der Waals surface area contributed by atoms with Gasteiger partial charge < -0.3 is 5.11 Å². The van der Waals surface area contributed by atoms with Gasteiger partial charge in [-0.2, -0.15) is 4.80 Å². The highest BCUT2D eigenvalue weighted by molar-refractivity contribution is 4.93. The number of tetrazole rings is 1. The maximum Gasteiger partial charge on any atom is 0.205 e. The summed E-state index contributed by atoms with van der Waals surface area (Å²) < 4.78 is 0. The van der Waals surface area contributed by atoms with Crippen LogP contribution in [0.4, 0.5) is 0 Å². The molecule has 0 saturated heterocycles. The molecule has 0 aliphatic rings. The zero-order chi connectivity index (χ0) is 8.48. The van der Waals surface area contributed by atoms with Crippen LogP contribution in [-0.2, 0) is 12.6 Å². The van der Waals surface area contributed by atoms with Gasteiger partial charge in [0.15, 0.2) is 0 Å². The summed E-state index contributed by atoms with van der Waals surface area (Å²) >= 11 is 0. The second-order valence-electron chi connectivity index (χ2n) is 2.73. The van der Waals surface area contributed by atoms with Gasteiger partial charge in [-0.05, 0) is 18.6 Å². The van der Waals surface area contributed by atoms with Crippen molar-refractivity contribution < 1.29 is 5.11 Å². The van der Waals surface area contributed by atoms with Crippen molar-refractivity contribution in [3.63, 3.8) is 0 Å². The Labute approximate surface area is 65.0 Å². The third-order valence-electron chi connectivity index (χ3n) is 1.68. The molecule has 62 valence electrons. The summed E-state index contributed by atoms with van der Waals surface area (Å²) in [5.41, 5.74) is -0.950. The van der Waals surface area contributed by atoms with Crippen molar-refractivity contribution in [3.05, 3.63) is 5.82 Å². The number of hydrogen-bond acceptors (Lipinski definition) is 4. The molecule has 1 heterocycles. The average Bonchev–Trinajstić information content (AvgIpc) is 2.36. The Balaban J connectivity index is 2.92. The molecule has 0 aromatic carbocycles. The van der Waals surface area contributed by atoms with Gasteiger partial charge in [-0.25, -0.2) is 0 Å². The van der Waals surface area contributed by atoms with E-state index < -0.39 is 5.60 Å². The Morgan fingerprint density at radius 1 is 1.64 bits per heavy atom. The van der Waals surface area contributed by atoms with Crippen molar-refractivity contribution in [2.45, 2.75) is 25.9 Å². The number of aryl methyl sites for hydroxylation is 1. The van der Waals surface area contributed by atoms with Crippen molar-refractivity contribution in [2.24, 2.45) is 7.05 Å². The molecule has 0 unspecified atom stereocenters. The Kier molecular flexibility index (Phi) is 1.90. The van der Waals surface area contributed by atoms with Gasteiger partial charge in [0.2, 0.25) is 5.82 Å². The first kappa shape index (κ1) is 8.13. The number of nitrogens with zero attached hydrogens (tertiary/aromatic N) is 4. The molecule has 0 fully saturated rings. The molecule has 11 heavy (non-hydrogen) atoms. The molecule has 5 heteroatoms. The van der Waals surface area contributed by atoms with Crippen LogP contribution in [0.2, 0.25) is 0 Å². The van der Waals surface area contributed by atoms with Gasteiger partial charge in [-0.3, -0.25) is 0 Å². The summed E-state index contributed by atoms with van der Waals surface area (Å²) in [6.07, 6.45) is 0.582. The van der Waals surface area contributed by atoms with E-state index in [1.807, 2.05) is 6.92 Å². The average molecular weight is 156 g/mol. The lowest BCUT2D eigenvalue weighted by Gasteiger charge is -2.15. The van der Waals surface area contributed by atoms with E-state index in [0.29, 0.717) is 12.2 Å². The molecule has 1 rings (SSSR count). The van der Waals surface area contributed by atoms with Crippen LogP contribution in [0, 0.1) is 0 Å². The first-order valence-electron chi connectivity index (χ1n) is 3.53. The highest BCUT2D eigenvalue weighted by Crippen LogP contribution is 2.18. The molecular weight excluding hydrogens is 144 g/mol. The van der Waals surface area contributed by atoms with E-state index in [9.17, 15) is 5.11 Å². The van der Waals surface area contributed by atoms with E-state index in [1.165, 1.54) is 4.80 Å². The molecule has 0 aliphatic heterocycles. The minimum atomic E-state index is -0.950. The van der Waals surface area contributed by atoms with Crippen molar-refractivity contribution in [3.8, 4) is 0 Å². The second kappa shape index (κ2) is 2.58. The van der Waals surface area contributed by atoms with Crippen molar-refractivity contribution in [1.29, 1.82) is 0 Å².